The zero-order valence-electron chi connectivity index (χ0n) is 11.3. The summed E-state index contributed by atoms with van der Waals surface area (Å²) >= 11 is 0. The van der Waals surface area contributed by atoms with Gasteiger partial charge in [0.15, 0.2) is 11.5 Å². The predicted molar refractivity (Wildman–Crippen MR) is 73.2 cm³/mol. The summed E-state index contributed by atoms with van der Waals surface area (Å²) in [6.07, 6.45) is -4.45. The van der Waals surface area contributed by atoms with Crippen molar-refractivity contribution in [3.63, 3.8) is 0 Å². The molecule has 0 aliphatic rings. The molecular formula is C15H14F3NO2. The van der Waals surface area contributed by atoms with Gasteiger partial charge in [0.2, 0.25) is 0 Å². The minimum absolute atomic E-state index is 0.0999. The number of halogens is 3. The van der Waals surface area contributed by atoms with Crippen molar-refractivity contribution in [1.82, 2.24) is 0 Å². The van der Waals surface area contributed by atoms with Crippen molar-refractivity contribution in [3.05, 3.63) is 53.6 Å². The lowest BCUT2D eigenvalue weighted by Crippen LogP contribution is -2.09. The van der Waals surface area contributed by atoms with Gasteiger partial charge in [0.1, 0.15) is 6.61 Å². The molecule has 0 aliphatic carbocycles. The number of benzene rings is 2. The second kappa shape index (κ2) is 5.95. The summed E-state index contributed by atoms with van der Waals surface area (Å²) in [5.74, 6) is 1.07. The van der Waals surface area contributed by atoms with Crippen LogP contribution in [0.25, 0.3) is 0 Å². The van der Waals surface area contributed by atoms with Crippen LogP contribution in [0, 0.1) is 0 Å². The number of hydrogen-bond donors (Lipinski definition) is 1. The number of rotatable bonds is 4. The number of alkyl halides is 3. The van der Waals surface area contributed by atoms with E-state index in [0.29, 0.717) is 17.1 Å². The number of ether oxygens (including phenoxy) is 2. The van der Waals surface area contributed by atoms with Crippen LogP contribution in [0.3, 0.4) is 0 Å². The van der Waals surface area contributed by atoms with Gasteiger partial charge in [-0.3, -0.25) is 0 Å². The van der Waals surface area contributed by atoms with Crippen LogP contribution in [-0.4, -0.2) is 7.11 Å². The monoisotopic (exact) mass is 297 g/mol. The molecule has 2 N–H and O–H groups in total. The van der Waals surface area contributed by atoms with Crippen LogP contribution in [0.4, 0.5) is 18.9 Å². The molecule has 0 heterocycles. The van der Waals surface area contributed by atoms with Gasteiger partial charge in [-0.05, 0) is 29.8 Å². The molecule has 21 heavy (non-hydrogen) atoms. The van der Waals surface area contributed by atoms with Gasteiger partial charge in [-0.25, -0.2) is 0 Å². The third-order valence-electron chi connectivity index (χ3n) is 2.88. The minimum atomic E-state index is -4.45. The third kappa shape index (κ3) is 3.59. The molecular weight excluding hydrogens is 283 g/mol. The number of nitrogen functional groups attached to an aromatic ring is 1. The fourth-order valence-corrected chi connectivity index (χ4v) is 1.86. The summed E-state index contributed by atoms with van der Waals surface area (Å²) in [6, 6.07) is 10.6. The van der Waals surface area contributed by atoms with Crippen LogP contribution >= 0.6 is 0 Å². The van der Waals surface area contributed by atoms with Crippen LogP contribution in [-0.2, 0) is 12.8 Å². The molecule has 2 rings (SSSR count). The van der Waals surface area contributed by atoms with E-state index in [9.17, 15) is 13.2 Å². The molecule has 2 aromatic carbocycles. The maximum atomic E-state index is 12.6. The van der Waals surface area contributed by atoms with Crippen molar-refractivity contribution < 1.29 is 22.6 Å². The molecule has 0 aromatic heterocycles. The first-order valence-corrected chi connectivity index (χ1v) is 6.13. The van der Waals surface area contributed by atoms with Crippen molar-refractivity contribution in [2.45, 2.75) is 12.8 Å². The van der Waals surface area contributed by atoms with Gasteiger partial charge in [0.25, 0.3) is 0 Å². The molecule has 0 fully saturated rings. The number of anilines is 1. The van der Waals surface area contributed by atoms with Crippen LogP contribution in [0.15, 0.2) is 42.5 Å². The van der Waals surface area contributed by atoms with Gasteiger partial charge in [-0.1, -0.05) is 18.2 Å². The van der Waals surface area contributed by atoms with Crippen LogP contribution in [0.1, 0.15) is 11.1 Å². The average Bonchev–Trinajstić information content (AvgIpc) is 2.44. The molecule has 2 aromatic rings. The van der Waals surface area contributed by atoms with Gasteiger partial charge >= 0.3 is 6.18 Å². The molecule has 0 saturated heterocycles. The lowest BCUT2D eigenvalue weighted by molar-refractivity contribution is -0.136. The molecule has 0 atom stereocenters. The molecule has 0 spiro atoms. The van der Waals surface area contributed by atoms with Crippen LogP contribution in [0.5, 0.6) is 11.5 Å². The Kier molecular flexibility index (Phi) is 4.26. The highest BCUT2D eigenvalue weighted by Crippen LogP contribution is 2.34. The van der Waals surface area contributed by atoms with Gasteiger partial charge in [0, 0.05) is 5.69 Å². The third-order valence-corrected chi connectivity index (χ3v) is 2.88. The molecule has 3 nitrogen and oxygen atoms in total. The van der Waals surface area contributed by atoms with E-state index in [0.717, 1.165) is 6.07 Å². The summed E-state index contributed by atoms with van der Waals surface area (Å²) in [7, 11) is 1.51. The van der Waals surface area contributed by atoms with Crippen LogP contribution in [0.2, 0.25) is 0 Å². The molecule has 112 valence electrons. The van der Waals surface area contributed by atoms with E-state index in [-0.39, 0.29) is 12.3 Å². The van der Waals surface area contributed by atoms with E-state index < -0.39 is 11.7 Å². The molecule has 0 aliphatic heterocycles. The quantitative estimate of drug-likeness (QED) is 0.871. The van der Waals surface area contributed by atoms with Crippen molar-refractivity contribution >= 4 is 5.69 Å². The Hall–Kier alpha value is -2.37. The van der Waals surface area contributed by atoms with Gasteiger partial charge < -0.3 is 15.2 Å². The first-order chi connectivity index (χ1) is 9.91. The highest BCUT2D eigenvalue weighted by Gasteiger charge is 2.32. The maximum Gasteiger partial charge on any atom is 0.418 e. The average molecular weight is 297 g/mol. The van der Waals surface area contributed by atoms with Crippen molar-refractivity contribution in [2.75, 3.05) is 12.8 Å². The first kappa shape index (κ1) is 15.0. The Bertz CT molecular complexity index is 627. The molecule has 0 unspecified atom stereocenters. The molecule has 0 saturated carbocycles. The van der Waals surface area contributed by atoms with Crippen molar-refractivity contribution in [2.24, 2.45) is 0 Å². The van der Waals surface area contributed by atoms with E-state index in [1.54, 1.807) is 24.3 Å². The van der Waals surface area contributed by atoms with E-state index in [1.807, 2.05) is 0 Å². The van der Waals surface area contributed by atoms with E-state index in [2.05, 4.69) is 0 Å². The highest BCUT2D eigenvalue weighted by atomic mass is 19.4. The van der Waals surface area contributed by atoms with Crippen LogP contribution < -0.4 is 15.2 Å². The van der Waals surface area contributed by atoms with Crippen molar-refractivity contribution in [3.8, 4) is 11.5 Å². The second-order valence-electron chi connectivity index (χ2n) is 4.36. The zero-order chi connectivity index (χ0) is 15.5. The predicted octanol–water partition coefficient (Wildman–Crippen LogP) is 3.88. The number of methoxy groups -OCH3 is 1. The van der Waals surface area contributed by atoms with E-state index in [1.165, 1.54) is 19.2 Å². The topological polar surface area (TPSA) is 44.5 Å². The minimum Gasteiger partial charge on any atom is -0.493 e. The van der Waals surface area contributed by atoms with Gasteiger partial charge in [-0.2, -0.15) is 13.2 Å². The standard InChI is InChI=1S/C15H14F3NO2/c1-20-13-4-2-3-5-14(13)21-9-10-6-7-11(12(19)8-10)15(16,17)18/h2-8H,9,19H2,1H3. The van der Waals surface area contributed by atoms with Crippen molar-refractivity contribution in [1.29, 1.82) is 0 Å². The first-order valence-electron chi connectivity index (χ1n) is 6.13. The van der Waals surface area contributed by atoms with Gasteiger partial charge in [0.05, 0.1) is 12.7 Å². The second-order valence-corrected chi connectivity index (χ2v) is 4.36. The number of para-hydroxylation sites is 2. The Morgan fingerprint density at radius 3 is 2.29 bits per heavy atom. The summed E-state index contributed by atoms with van der Waals surface area (Å²) < 4.78 is 48.5. The van der Waals surface area contributed by atoms with E-state index in [4.69, 9.17) is 15.2 Å². The summed E-state index contributed by atoms with van der Waals surface area (Å²) in [4.78, 5) is 0. The summed E-state index contributed by atoms with van der Waals surface area (Å²) in [6.45, 7) is 0.0999. The molecule has 6 heteroatoms. The largest absolute Gasteiger partial charge is 0.493 e. The Morgan fingerprint density at radius 1 is 1.05 bits per heavy atom. The maximum absolute atomic E-state index is 12.6. The summed E-state index contributed by atoms with van der Waals surface area (Å²) in [5.41, 5.74) is 4.82. The Balaban J connectivity index is 2.12. The number of hydrogen-bond acceptors (Lipinski definition) is 3. The zero-order valence-corrected chi connectivity index (χ0v) is 11.3. The lowest BCUT2D eigenvalue weighted by Gasteiger charge is -2.13. The SMILES string of the molecule is COc1ccccc1OCc1ccc(C(F)(F)F)c(N)c1. The normalized spacial score (nSPS) is 11.2. The smallest absolute Gasteiger partial charge is 0.418 e. The lowest BCUT2D eigenvalue weighted by atomic mass is 10.1. The Morgan fingerprint density at radius 2 is 1.71 bits per heavy atom. The molecule has 0 radical (unpaired) electrons. The number of nitrogens with two attached hydrogens (primary N) is 1. The summed E-state index contributed by atoms with van der Waals surface area (Å²) in [5, 5.41) is 0. The molecule has 0 amide bonds. The molecule has 0 bridgehead atoms. The van der Waals surface area contributed by atoms with E-state index >= 15 is 0 Å². The fraction of sp³-hybridized carbons (Fsp3) is 0.200. The Labute approximate surface area is 120 Å². The van der Waals surface area contributed by atoms with Gasteiger partial charge in [-0.15, -0.1) is 0 Å². The fourth-order valence-electron chi connectivity index (χ4n) is 1.86. The highest BCUT2D eigenvalue weighted by molar-refractivity contribution is 5.50.